The van der Waals surface area contributed by atoms with Crippen LogP contribution in [0.4, 0.5) is 5.69 Å². The molecule has 0 unspecified atom stereocenters. The normalized spacial score (nSPS) is 10.6. The number of imidazole rings is 1. The van der Waals surface area contributed by atoms with Gasteiger partial charge in [0.05, 0.1) is 18.1 Å². The standard InChI is InChI=1S/C16H15N3O3/c1-19-14-7-6-11(9-13(14)18-16(19)21)17-15(20)10-4-3-5-12(8-10)22-2/h3-9H,1-2H3,(H,17,20)(H,18,21). The van der Waals surface area contributed by atoms with Crippen LogP contribution in [0.1, 0.15) is 10.4 Å². The van der Waals surface area contributed by atoms with Gasteiger partial charge in [-0.15, -0.1) is 0 Å². The minimum atomic E-state index is -0.239. The second kappa shape index (κ2) is 5.40. The minimum Gasteiger partial charge on any atom is -0.497 e. The zero-order valence-corrected chi connectivity index (χ0v) is 12.2. The smallest absolute Gasteiger partial charge is 0.326 e. The van der Waals surface area contributed by atoms with Crippen molar-refractivity contribution in [3.63, 3.8) is 0 Å². The second-order valence-corrected chi connectivity index (χ2v) is 4.91. The molecule has 0 spiro atoms. The van der Waals surface area contributed by atoms with E-state index in [0.717, 1.165) is 5.52 Å². The summed E-state index contributed by atoms with van der Waals surface area (Å²) in [6.07, 6.45) is 0. The number of hydrogen-bond donors (Lipinski definition) is 2. The molecule has 0 aliphatic rings. The van der Waals surface area contributed by atoms with Gasteiger partial charge in [0.2, 0.25) is 0 Å². The quantitative estimate of drug-likeness (QED) is 0.777. The van der Waals surface area contributed by atoms with Gasteiger partial charge in [0.15, 0.2) is 0 Å². The predicted octanol–water partition coefficient (Wildman–Crippen LogP) is 2.13. The fourth-order valence-electron chi connectivity index (χ4n) is 2.28. The third-order valence-corrected chi connectivity index (χ3v) is 3.49. The summed E-state index contributed by atoms with van der Waals surface area (Å²) in [5.74, 6) is 0.381. The Morgan fingerprint density at radius 1 is 1.23 bits per heavy atom. The van der Waals surface area contributed by atoms with Gasteiger partial charge >= 0.3 is 5.69 Å². The third-order valence-electron chi connectivity index (χ3n) is 3.49. The van der Waals surface area contributed by atoms with Gasteiger partial charge in [-0.1, -0.05) is 6.07 Å². The number of methoxy groups -OCH3 is 1. The van der Waals surface area contributed by atoms with E-state index in [1.165, 1.54) is 4.57 Å². The van der Waals surface area contributed by atoms with Gasteiger partial charge in [-0.2, -0.15) is 0 Å². The van der Waals surface area contributed by atoms with Crippen LogP contribution in [0.15, 0.2) is 47.3 Å². The molecular formula is C16H15N3O3. The Balaban J connectivity index is 1.88. The van der Waals surface area contributed by atoms with Crippen LogP contribution in [0.2, 0.25) is 0 Å². The lowest BCUT2D eigenvalue weighted by atomic mass is 10.2. The zero-order chi connectivity index (χ0) is 15.7. The lowest BCUT2D eigenvalue weighted by molar-refractivity contribution is 0.102. The summed E-state index contributed by atoms with van der Waals surface area (Å²) >= 11 is 0. The highest BCUT2D eigenvalue weighted by Gasteiger charge is 2.09. The Morgan fingerprint density at radius 2 is 2.05 bits per heavy atom. The van der Waals surface area contributed by atoms with Crippen LogP contribution in [0.5, 0.6) is 5.75 Å². The highest BCUT2D eigenvalue weighted by atomic mass is 16.5. The van der Waals surface area contributed by atoms with Crippen molar-refractivity contribution in [3.05, 3.63) is 58.5 Å². The second-order valence-electron chi connectivity index (χ2n) is 4.91. The van der Waals surface area contributed by atoms with E-state index in [0.29, 0.717) is 22.5 Å². The summed E-state index contributed by atoms with van der Waals surface area (Å²) in [4.78, 5) is 26.6. The molecule has 3 aromatic rings. The average molecular weight is 297 g/mol. The monoisotopic (exact) mass is 297 g/mol. The van der Waals surface area contributed by atoms with Crippen LogP contribution in [0.25, 0.3) is 11.0 Å². The molecule has 2 aromatic carbocycles. The van der Waals surface area contributed by atoms with Crippen LogP contribution >= 0.6 is 0 Å². The Hall–Kier alpha value is -3.02. The number of anilines is 1. The Labute approximate surface area is 126 Å². The summed E-state index contributed by atoms with van der Waals surface area (Å²) in [5.41, 5.74) is 2.38. The molecule has 22 heavy (non-hydrogen) atoms. The molecule has 1 amide bonds. The fourth-order valence-corrected chi connectivity index (χ4v) is 2.28. The Bertz CT molecular complexity index is 908. The average Bonchev–Trinajstić information content (AvgIpc) is 2.81. The first-order valence-electron chi connectivity index (χ1n) is 6.72. The van der Waals surface area contributed by atoms with Crippen molar-refractivity contribution in [2.45, 2.75) is 0 Å². The maximum Gasteiger partial charge on any atom is 0.326 e. The van der Waals surface area contributed by atoms with Gasteiger partial charge in [0.1, 0.15) is 5.75 Å². The first kappa shape index (κ1) is 13.9. The SMILES string of the molecule is COc1cccc(C(=O)Nc2ccc3c(c2)[nH]c(=O)n3C)c1. The molecular weight excluding hydrogens is 282 g/mol. The number of benzene rings is 2. The highest BCUT2D eigenvalue weighted by molar-refractivity contribution is 6.05. The number of nitrogens with zero attached hydrogens (tertiary/aromatic N) is 1. The molecule has 0 saturated carbocycles. The molecule has 0 aliphatic carbocycles. The summed E-state index contributed by atoms with van der Waals surface area (Å²) < 4.78 is 6.62. The minimum absolute atomic E-state index is 0.189. The number of H-pyrrole nitrogens is 1. The molecule has 6 nitrogen and oxygen atoms in total. The maximum atomic E-state index is 12.2. The molecule has 1 aromatic heterocycles. The molecule has 6 heteroatoms. The van der Waals surface area contributed by atoms with Gasteiger partial charge in [-0.05, 0) is 36.4 Å². The fraction of sp³-hybridized carbons (Fsp3) is 0.125. The topological polar surface area (TPSA) is 76.1 Å². The number of ether oxygens (including phenoxy) is 1. The molecule has 3 rings (SSSR count). The molecule has 0 radical (unpaired) electrons. The number of amides is 1. The van der Waals surface area contributed by atoms with Gasteiger partial charge in [-0.3, -0.25) is 9.36 Å². The van der Waals surface area contributed by atoms with Crippen molar-refractivity contribution in [1.82, 2.24) is 9.55 Å². The van der Waals surface area contributed by atoms with Crippen molar-refractivity contribution in [1.29, 1.82) is 0 Å². The van der Waals surface area contributed by atoms with E-state index in [4.69, 9.17) is 4.74 Å². The molecule has 0 bridgehead atoms. The molecule has 0 fully saturated rings. The predicted molar refractivity (Wildman–Crippen MR) is 84.5 cm³/mol. The van der Waals surface area contributed by atoms with E-state index in [1.807, 2.05) is 0 Å². The van der Waals surface area contributed by atoms with Crippen molar-refractivity contribution < 1.29 is 9.53 Å². The number of nitrogens with one attached hydrogen (secondary N) is 2. The highest BCUT2D eigenvalue weighted by Crippen LogP contribution is 2.18. The van der Waals surface area contributed by atoms with E-state index in [2.05, 4.69) is 10.3 Å². The van der Waals surface area contributed by atoms with Crippen LogP contribution in [0.3, 0.4) is 0 Å². The largest absolute Gasteiger partial charge is 0.497 e. The number of aromatic amines is 1. The van der Waals surface area contributed by atoms with E-state index in [1.54, 1.807) is 56.6 Å². The van der Waals surface area contributed by atoms with Crippen LogP contribution in [-0.4, -0.2) is 22.6 Å². The zero-order valence-electron chi connectivity index (χ0n) is 12.2. The summed E-state index contributed by atoms with van der Waals surface area (Å²) in [6.45, 7) is 0. The lowest BCUT2D eigenvalue weighted by Gasteiger charge is -2.07. The molecule has 0 saturated heterocycles. The molecule has 112 valence electrons. The van der Waals surface area contributed by atoms with Crippen molar-refractivity contribution in [2.24, 2.45) is 7.05 Å². The third kappa shape index (κ3) is 2.46. The number of hydrogen-bond acceptors (Lipinski definition) is 3. The first-order chi connectivity index (χ1) is 10.6. The van der Waals surface area contributed by atoms with Crippen molar-refractivity contribution in [3.8, 4) is 5.75 Å². The number of carbonyl (C=O) groups excluding carboxylic acids is 1. The first-order valence-corrected chi connectivity index (χ1v) is 6.72. The number of fused-ring (bicyclic) bond motifs is 1. The molecule has 0 atom stereocenters. The maximum absolute atomic E-state index is 12.2. The van der Waals surface area contributed by atoms with Crippen molar-refractivity contribution in [2.75, 3.05) is 12.4 Å². The van der Waals surface area contributed by atoms with Gasteiger partial charge < -0.3 is 15.0 Å². The van der Waals surface area contributed by atoms with E-state index < -0.39 is 0 Å². The summed E-state index contributed by atoms with van der Waals surface area (Å²) in [6, 6.07) is 12.2. The van der Waals surface area contributed by atoms with E-state index in [9.17, 15) is 9.59 Å². The lowest BCUT2D eigenvalue weighted by Crippen LogP contribution is -2.12. The van der Waals surface area contributed by atoms with Gasteiger partial charge in [0.25, 0.3) is 5.91 Å². The number of rotatable bonds is 3. The van der Waals surface area contributed by atoms with Crippen LogP contribution in [-0.2, 0) is 7.05 Å². The van der Waals surface area contributed by atoms with Gasteiger partial charge in [-0.25, -0.2) is 4.79 Å². The van der Waals surface area contributed by atoms with Gasteiger partial charge in [0, 0.05) is 18.3 Å². The van der Waals surface area contributed by atoms with E-state index in [-0.39, 0.29) is 11.6 Å². The summed E-state index contributed by atoms with van der Waals surface area (Å²) in [7, 11) is 3.24. The molecule has 0 aliphatic heterocycles. The molecule has 2 N–H and O–H groups in total. The van der Waals surface area contributed by atoms with E-state index >= 15 is 0 Å². The number of aromatic nitrogens is 2. The Kier molecular flexibility index (Phi) is 3.42. The number of aryl methyl sites for hydroxylation is 1. The molecule has 1 heterocycles. The van der Waals surface area contributed by atoms with Crippen LogP contribution in [0, 0.1) is 0 Å². The van der Waals surface area contributed by atoms with Crippen LogP contribution < -0.4 is 15.7 Å². The Morgan fingerprint density at radius 3 is 2.82 bits per heavy atom. The number of carbonyl (C=O) groups is 1. The van der Waals surface area contributed by atoms with Crippen molar-refractivity contribution >= 4 is 22.6 Å². The summed E-state index contributed by atoms with van der Waals surface area (Å²) in [5, 5.41) is 2.80.